The van der Waals surface area contributed by atoms with Gasteiger partial charge in [0, 0.05) is 23.3 Å². The van der Waals surface area contributed by atoms with Gasteiger partial charge in [-0.25, -0.2) is 4.98 Å². The molecule has 0 bridgehead atoms. The number of aryl methyl sites for hydroxylation is 1. The van der Waals surface area contributed by atoms with Crippen molar-refractivity contribution in [2.24, 2.45) is 0 Å². The molecule has 1 N–H and O–H groups in total. The number of rotatable bonds is 3. The zero-order valence-electron chi connectivity index (χ0n) is 9.21. The average molecular weight is 249 g/mol. The van der Waals surface area contributed by atoms with Crippen molar-refractivity contribution in [2.45, 2.75) is 13.5 Å². The van der Waals surface area contributed by atoms with Crippen LogP contribution in [0.1, 0.15) is 4.88 Å². The number of carbonyl (C=O) groups is 1. The van der Waals surface area contributed by atoms with Gasteiger partial charge in [0.25, 0.3) is 5.56 Å². The van der Waals surface area contributed by atoms with Gasteiger partial charge in [0.1, 0.15) is 6.54 Å². The summed E-state index contributed by atoms with van der Waals surface area (Å²) in [5.41, 5.74) is -0.196. The molecule has 2 aromatic heterocycles. The number of carbonyl (C=O) groups excluding carboxylic acids is 1. The number of aromatic nitrogens is 2. The summed E-state index contributed by atoms with van der Waals surface area (Å²) in [4.78, 5) is 28.1. The first-order valence-electron chi connectivity index (χ1n) is 5.03. The zero-order chi connectivity index (χ0) is 12.3. The highest BCUT2D eigenvalue weighted by atomic mass is 32.1. The molecule has 0 fully saturated rings. The number of nitrogens with zero attached hydrogens (tertiary/aromatic N) is 2. The van der Waals surface area contributed by atoms with E-state index >= 15 is 0 Å². The van der Waals surface area contributed by atoms with Crippen molar-refractivity contribution in [1.82, 2.24) is 9.55 Å². The smallest absolute Gasteiger partial charge is 0.250 e. The van der Waals surface area contributed by atoms with Gasteiger partial charge in [-0.2, -0.15) is 0 Å². The van der Waals surface area contributed by atoms with Gasteiger partial charge in [0.05, 0.1) is 0 Å². The van der Waals surface area contributed by atoms with E-state index in [1.165, 1.54) is 22.0 Å². The predicted molar refractivity (Wildman–Crippen MR) is 66.2 cm³/mol. The SMILES string of the molecule is Cc1cnc(NC(=O)Cn2ccccc2=O)s1. The van der Waals surface area contributed by atoms with Crippen LogP contribution in [-0.4, -0.2) is 15.5 Å². The fourth-order valence-corrected chi connectivity index (χ4v) is 2.00. The minimum Gasteiger partial charge on any atom is -0.306 e. The largest absolute Gasteiger partial charge is 0.306 e. The summed E-state index contributed by atoms with van der Waals surface area (Å²) in [5.74, 6) is -0.257. The lowest BCUT2D eigenvalue weighted by Crippen LogP contribution is -2.26. The Morgan fingerprint density at radius 1 is 1.53 bits per heavy atom. The summed E-state index contributed by atoms with van der Waals surface area (Å²) in [7, 11) is 0. The minimum atomic E-state index is -0.257. The molecule has 2 aromatic rings. The van der Waals surface area contributed by atoms with E-state index in [9.17, 15) is 9.59 Å². The summed E-state index contributed by atoms with van der Waals surface area (Å²) < 4.78 is 1.34. The number of amides is 1. The third kappa shape index (κ3) is 3.01. The van der Waals surface area contributed by atoms with E-state index in [0.717, 1.165) is 4.88 Å². The third-order valence-electron chi connectivity index (χ3n) is 2.08. The molecular weight excluding hydrogens is 238 g/mol. The Bertz CT molecular complexity index is 588. The molecule has 0 unspecified atom stereocenters. The number of pyridine rings is 1. The van der Waals surface area contributed by atoms with E-state index in [4.69, 9.17) is 0 Å². The second-order valence-corrected chi connectivity index (χ2v) is 4.73. The molecule has 0 atom stereocenters. The Balaban J connectivity index is 2.03. The molecule has 5 nitrogen and oxygen atoms in total. The van der Waals surface area contributed by atoms with E-state index in [1.54, 1.807) is 24.5 Å². The lowest BCUT2D eigenvalue weighted by Gasteiger charge is -2.04. The predicted octanol–water partition coefficient (Wildman–Crippen LogP) is 1.25. The van der Waals surface area contributed by atoms with Crippen molar-refractivity contribution in [3.8, 4) is 0 Å². The van der Waals surface area contributed by atoms with Gasteiger partial charge in [0.2, 0.25) is 5.91 Å². The summed E-state index contributed by atoms with van der Waals surface area (Å²) in [6.07, 6.45) is 3.27. The molecular formula is C11H11N3O2S. The average Bonchev–Trinajstić information content (AvgIpc) is 2.67. The molecule has 17 heavy (non-hydrogen) atoms. The van der Waals surface area contributed by atoms with Gasteiger partial charge < -0.3 is 9.88 Å². The van der Waals surface area contributed by atoms with Crippen molar-refractivity contribution in [3.05, 3.63) is 45.8 Å². The van der Waals surface area contributed by atoms with E-state index in [1.807, 2.05) is 6.92 Å². The third-order valence-corrected chi connectivity index (χ3v) is 2.91. The first-order chi connectivity index (χ1) is 8.15. The molecule has 0 radical (unpaired) electrons. The summed E-state index contributed by atoms with van der Waals surface area (Å²) in [5, 5.41) is 3.20. The topological polar surface area (TPSA) is 64.0 Å². The number of hydrogen-bond acceptors (Lipinski definition) is 4. The lowest BCUT2D eigenvalue weighted by molar-refractivity contribution is -0.116. The second-order valence-electron chi connectivity index (χ2n) is 3.49. The van der Waals surface area contributed by atoms with Crippen molar-refractivity contribution in [2.75, 3.05) is 5.32 Å². The molecule has 0 spiro atoms. The van der Waals surface area contributed by atoms with Gasteiger partial charge >= 0.3 is 0 Å². The molecule has 0 aliphatic heterocycles. The van der Waals surface area contributed by atoms with Crippen LogP contribution >= 0.6 is 11.3 Å². The maximum absolute atomic E-state index is 11.6. The molecule has 1 amide bonds. The Hall–Kier alpha value is -1.95. The van der Waals surface area contributed by atoms with E-state index in [2.05, 4.69) is 10.3 Å². The molecule has 0 saturated carbocycles. The lowest BCUT2D eigenvalue weighted by atomic mass is 10.4. The summed E-state index contributed by atoms with van der Waals surface area (Å²) in [6.45, 7) is 1.91. The Labute approximate surface area is 102 Å². The molecule has 88 valence electrons. The Kier molecular flexibility index (Phi) is 3.34. The maximum atomic E-state index is 11.6. The highest BCUT2D eigenvalue weighted by Gasteiger charge is 2.06. The first kappa shape index (κ1) is 11.5. The monoisotopic (exact) mass is 249 g/mol. The van der Waals surface area contributed by atoms with E-state index < -0.39 is 0 Å². The number of thiazole rings is 1. The zero-order valence-corrected chi connectivity index (χ0v) is 10.0. The molecule has 0 aromatic carbocycles. The van der Waals surface area contributed by atoms with Gasteiger partial charge in [-0.15, -0.1) is 11.3 Å². The van der Waals surface area contributed by atoms with Crippen LogP contribution in [0.15, 0.2) is 35.4 Å². The standard InChI is InChI=1S/C11H11N3O2S/c1-8-6-12-11(17-8)13-9(15)7-14-5-3-2-4-10(14)16/h2-6H,7H2,1H3,(H,12,13,15). The Morgan fingerprint density at radius 3 is 3.00 bits per heavy atom. The van der Waals surface area contributed by atoms with Crippen LogP contribution in [0.5, 0.6) is 0 Å². The van der Waals surface area contributed by atoms with Gasteiger partial charge in [-0.1, -0.05) is 6.07 Å². The van der Waals surface area contributed by atoms with E-state index in [-0.39, 0.29) is 18.0 Å². The normalized spacial score (nSPS) is 10.2. The van der Waals surface area contributed by atoms with Crippen LogP contribution in [-0.2, 0) is 11.3 Å². The fourth-order valence-electron chi connectivity index (χ4n) is 1.32. The van der Waals surface area contributed by atoms with Crippen LogP contribution in [0.2, 0.25) is 0 Å². The molecule has 0 saturated heterocycles. The van der Waals surface area contributed by atoms with Crippen LogP contribution < -0.4 is 10.9 Å². The molecule has 2 heterocycles. The fraction of sp³-hybridized carbons (Fsp3) is 0.182. The number of nitrogens with one attached hydrogen (secondary N) is 1. The first-order valence-corrected chi connectivity index (χ1v) is 5.84. The molecule has 0 aliphatic rings. The molecule has 6 heteroatoms. The second kappa shape index (κ2) is 4.92. The Morgan fingerprint density at radius 2 is 2.35 bits per heavy atom. The van der Waals surface area contributed by atoms with Crippen LogP contribution in [0.4, 0.5) is 5.13 Å². The number of hydrogen-bond donors (Lipinski definition) is 1. The van der Waals surface area contributed by atoms with Crippen molar-refractivity contribution >= 4 is 22.4 Å². The van der Waals surface area contributed by atoms with Gasteiger partial charge in [-0.3, -0.25) is 9.59 Å². The van der Waals surface area contributed by atoms with Gasteiger partial charge in [-0.05, 0) is 13.0 Å². The van der Waals surface area contributed by atoms with Crippen molar-refractivity contribution < 1.29 is 4.79 Å². The molecule has 2 rings (SSSR count). The molecule has 0 aliphatic carbocycles. The van der Waals surface area contributed by atoms with Crippen LogP contribution in [0.3, 0.4) is 0 Å². The quantitative estimate of drug-likeness (QED) is 0.890. The minimum absolute atomic E-state index is 0.00169. The van der Waals surface area contributed by atoms with Crippen molar-refractivity contribution in [1.29, 1.82) is 0 Å². The van der Waals surface area contributed by atoms with Crippen LogP contribution in [0, 0.1) is 6.92 Å². The number of anilines is 1. The van der Waals surface area contributed by atoms with Crippen LogP contribution in [0.25, 0.3) is 0 Å². The van der Waals surface area contributed by atoms with Gasteiger partial charge in [0.15, 0.2) is 5.13 Å². The maximum Gasteiger partial charge on any atom is 0.250 e. The highest BCUT2D eigenvalue weighted by molar-refractivity contribution is 7.15. The van der Waals surface area contributed by atoms with E-state index in [0.29, 0.717) is 5.13 Å². The summed E-state index contributed by atoms with van der Waals surface area (Å²) >= 11 is 1.40. The highest BCUT2D eigenvalue weighted by Crippen LogP contribution is 2.16. The van der Waals surface area contributed by atoms with Crippen molar-refractivity contribution in [3.63, 3.8) is 0 Å². The summed E-state index contributed by atoms with van der Waals surface area (Å²) in [6, 6.07) is 4.77.